The van der Waals surface area contributed by atoms with Gasteiger partial charge in [0.1, 0.15) is 0 Å². The maximum atomic E-state index is 12.2. The van der Waals surface area contributed by atoms with Crippen molar-refractivity contribution in [3.8, 4) is 0 Å². The van der Waals surface area contributed by atoms with Crippen LogP contribution in [-0.4, -0.2) is 44.8 Å². The van der Waals surface area contributed by atoms with Crippen molar-refractivity contribution in [1.29, 1.82) is 0 Å². The zero-order valence-electron chi connectivity index (χ0n) is 12.9. The zero-order chi connectivity index (χ0) is 14.8. The van der Waals surface area contributed by atoms with Gasteiger partial charge in [0.25, 0.3) is 0 Å². The van der Waals surface area contributed by atoms with E-state index in [0.29, 0.717) is 24.8 Å². The van der Waals surface area contributed by atoms with Crippen LogP contribution in [0.2, 0.25) is 0 Å². The van der Waals surface area contributed by atoms with Crippen LogP contribution in [0.4, 0.5) is 0 Å². The minimum Gasteiger partial charge on any atom is -0.329 e. The van der Waals surface area contributed by atoms with Crippen LogP contribution in [-0.2, 0) is 6.54 Å². The smallest absolute Gasteiger partial charge is 0.329 e. The van der Waals surface area contributed by atoms with E-state index in [9.17, 15) is 4.79 Å². The summed E-state index contributed by atoms with van der Waals surface area (Å²) >= 11 is 0. The third-order valence-corrected chi connectivity index (χ3v) is 4.46. The molecule has 7 heteroatoms. The number of hydrogen-bond acceptors (Lipinski definition) is 4. The number of fused-ring (bicyclic) bond motifs is 1. The molecule has 0 bridgehead atoms. The second-order valence-corrected chi connectivity index (χ2v) is 5.99. The van der Waals surface area contributed by atoms with Gasteiger partial charge >= 0.3 is 5.69 Å². The van der Waals surface area contributed by atoms with Gasteiger partial charge in [0.15, 0.2) is 5.65 Å². The number of nitrogens with two attached hydrogens (primary N) is 1. The Balaban J connectivity index is 0.00000176. The zero-order valence-corrected chi connectivity index (χ0v) is 13.7. The standard InChI is InChI=1S/C15H23N5O.ClH/c1-12-5-7-18(13(10-12)11-16)8-9-20-15(21)19-6-3-2-4-14(19)17-20;/h2-4,6,12-13H,5,7-11,16H2,1H3;1H. The van der Waals surface area contributed by atoms with Crippen LogP contribution in [0.25, 0.3) is 5.65 Å². The summed E-state index contributed by atoms with van der Waals surface area (Å²) in [4.78, 5) is 14.6. The number of rotatable bonds is 4. The lowest BCUT2D eigenvalue weighted by Crippen LogP contribution is -2.47. The number of piperidine rings is 1. The fourth-order valence-corrected chi connectivity index (χ4v) is 3.18. The van der Waals surface area contributed by atoms with Gasteiger partial charge in [-0.15, -0.1) is 17.5 Å². The van der Waals surface area contributed by atoms with E-state index in [-0.39, 0.29) is 18.1 Å². The number of halogens is 1. The molecule has 0 spiro atoms. The van der Waals surface area contributed by atoms with Crippen molar-refractivity contribution in [1.82, 2.24) is 19.1 Å². The Labute approximate surface area is 136 Å². The molecule has 2 aromatic heterocycles. The first kappa shape index (κ1) is 17.0. The second-order valence-electron chi connectivity index (χ2n) is 5.99. The van der Waals surface area contributed by atoms with Gasteiger partial charge in [-0.1, -0.05) is 13.0 Å². The summed E-state index contributed by atoms with van der Waals surface area (Å²) in [5, 5.41) is 4.37. The minimum atomic E-state index is -0.0692. The Bertz CT molecular complexity index is 667. The molecule has 22 heavy (non-hydrogen) atoms. The lowest BCUT2D eigenvalue weighted by atomic mass is 9.92. The van der Waals surface area contributed by atoms with Crippen LogP contribution >= 0.6 is 12.4 Å². The van der Waals surface area contributed by atoms with Crippen LogP contribution in [0.15, 0.2) is 29.2 Å². The second kappa shape index (κ2) is 7.26. The Morgan fingerprint density at radius 3 is 2.91 bits per heavy atom. The van der Waals surface area contributed by atoms with E-state index in [0.717, 1.165) is 25.4 Å². The topological polar surface area (TPSA) is 68.6 Å². The molecule has 2 aromatic rings. The van der Waals surface area contributed by atoms with Gasteiger partial charge in [-0.3, -0.25) is 9.30 Å². The summed E-state index contributed by atoms with van der Waals surface area (Å²) in [6.45, 7) is 5.48. The van der Waals surface area contributed by atoms with E-state index in [1.807, 2.05) is 18.2 Å². The summed E-state index contributed by atoms with van der Waals surface area (Å²) in [7, 11) is 0. The van der Waals surface area contributed by atoms with E-state index < -0.39 is 0 Å². The fourth-order valence-electron chi connectivity index (χ4n) is 3.18. The molecule has 2 N–H and O–H groups in total. The summed E-state index contributed by atoms with van der Waals surface area (Å²) in [6, 6.07) is 6.02. The Morgan fingerprint density at radius 2 is 2.18 bits per heavy atom. The summed E-state index contributed by atoms with van der Waals surface area (Å²) < 4.78 is 3.14. The van der Waals surface area contributed by atoms with Crippen molar-refractivity contribution in [2.24, 2.45) is 11.7 Å². The SMILES string of the molecule is CC1CCN(CCn2nc3ccccn3c2=O)C(CN)C1.Cl. The van der Waals surface area contributed by atoms with Crippen molar-refractivity contribution in [2.45, 2.75) is 32.4 Å². The molecular weight excluding hydrogens is 302 g/mol. The van der Waals surface area contributed by atoms with Crippen molar-refractivity contribution in [3.05, 3.63) is 34.9 Å². The summed E-state index contributed by atoms with van der Waals surface area (Å²) in [6.07, 6.45) is 4.11. The van der Waals surface area contributed by atoms with Crippen LogP contribution in [0.5, 0.6) is 0 Å². The largest absolute Gasteiger partial charge is 0.350 e. The Kier molecular flexibility index (Phi) is 5.61. The average Bonchev–Trinajstić information content (AvgIpc) is 2.83. The van der Waals surface area contributed by atoms with E-state index in [4.69, 9.17) is 5.73 Å². The van der Waals surface area contributed by atoms with Gasteiger partial charge in [0.2, 0.25) is 0 Å². The maximum absolute atomic E-state index is 12.2. The quantitative estimate of drug-likeness (QED) is 0.909. The van der Waals surface area contributed by atoms with Crippen LogP contribution in [0, 0.1) is 5.92 Å². The molecule has 0 saturated carbocycles. The van der Waals surface area contributed by atoms with Gasteiger partial charge < -0.3 is 5.73 Å². The molecule has 3 rings (SSSR count). The highest BCUT2D eigenvalue weighted by Crippen LogP contribution is 2.21. The van der Waals surface area contributed by atoms with Crippen molar-refractivity contribution < 1.29 is 0 Å². The predicted octanol–water partition coefficient (Wildman–Crippen LogP) is 0.977. The summed E-state index contributed by atoms with van der Waals surface area (Å²) in [5.41, 5.74) is 6.52. The Hall–Kier alpha value is -1.37. The molecule has 122 valence electrons. The maximum Gasteiger partial charge on any atom is 0.350 e. The van der Waals surface area contributed by atoms with E-state index in [1.54, 1.807) is 15.3 Å². The molecule has 0 amide bonds. The minimum absolute atomic E-state index is 0. The van der Waals surface area contributed by atoms with Gasteiger partial charge in [0, 0.05) is 25.3 Å². The number of aromatic nitrogens is 3. The lowest BCUT2D eigenvalue weighted by Gasteiger charge is -2.37. The van der Waals surface area contributed by atoms with Crippen molar-refractivity contribution >= 4 is 18.1 Å². The third kappa shape index (κ3) is 3.34. The van der Waals surface area contributed by atoms with Crippen LogP contribution in [0.3, 0.4) is 0 Å². The molecule has 2 atom stereocenters. The van der Waals surface area contributed by atoms with E-state index in [2.05, 4.69) is 16.9 Å². The highest BCUT2D eigenvalue weighted by molar-refractivity contribution is 5.85. The highest BCUT2D eigenvalue weighted by atomic mass is 35.5. The first-order valence-electron chi connectivity index (χ1n) is 7.67. The molecule has 6 nitrogen and oxygen atoms in total. The fraction of sp³-hybridized carbons (Fsp3) is 0.600. The molecule has 1 fully saturated rings. The van der Waals surface area contributed by atoms with Gasteiger partial charge in [-0.25, -0.2) is 9.48 Å². The molecule has 2 unspecified atom stereocenters. The molecule has 0 radical (unpaired) electrons. The van der Waals surface area contributed by atoms with Gasteiger partial charge in [-0.2, -0.15) is 0 Å². The number of nitrogens with zero attached hydrogens (tertiary/aromatic N) is 4. The van der Waals surface area contributed by atoms with Crippen LogP contribution < -0.4 is 11.4 Å². The molecule has 0 aliphatic carbocycles. The van der Waals surface area contributed by atoms with Gasteiger partial charge in [-0.05, 0) is 37.4 Å². The molecule has 1 aliphatic rings. The molecule has 1 saturated heterocycles. The molecule has 3 heterocycles. The number of hydrogen-bond donors (Lipinski definition) is 1. The predicted molar refractivity (Wildman–Crippen MR) is 89.5 cm³/mol. The molecule has 1 aliphatic heterocycles. The molecular formula is C15H24ClN5O. The first-order valence-corrected chi connectivity index (χ1v) is 7.67. The lowest BCUT2D eigenvalue weighted by molar-refractivity contribution is 0.116. The van der Waals surface area contributed by atoms with Crippen molar-refractivity contribution in [2.75, 3.05) is 19.6 Å². The van der Waals surface area contributed by atoms with Crippen molar-refractivity contribution in [3.63, 3.8) is 0 Å². The van der Waals surface area contributed by atoms with E-state index >= 15 is 0 Å². The third-order valence-electron chi connectivity index (χ3n) is 4.46. The first-order chi connectivity index (χ1) is 10.2. The van der Waals surface area contributed by atoms with Crippen LogP contribution in [0.1, 0.15) is 19.8 Å². The number of likely N-dealkylation sites (tertiary alicyclic amines) is 1. The van der Waals surface area contributed by atoms with Gasteiger partial charge in [0.05, 0.1) is 6.54 Å². The summed E-state index contributed by atoms with van der Waals surface area (Å²) in [5.74, 6) is 0.743. The van der Waals surface area contributed by atoms with E-state index in [1.165, 1.54) is 6.42 Å². The Morgan fingerprint density at radius 1 is 1.36 bits per heavy atom. The number of pyridine rings is 1. The average molecular weight is 326 g/mol. The highest BCUT2D eigenvalue weighted by Gasteiger charge is 2.25. The monoisotopic (exact) mass is 325 g/mol. The molecule has 0 aromatic carbocycles. The normalized spacial score (nSPS) is 22.6.